The number of hydrogen-bond acceptors (Lipinski definition) is 5. The van der Waals surface area contributed by atoms with Gasteiger partial charge in [-0.1, -0.05) is 60.3 Å². The summed E-state index contributed by atoms with van der Waals surface area (Å²) in [5.74, 6) is 0.538. The Balaban J connectivity index is 1.56. The normalized spacial score (nSPS) is 10.7. The monoisotopic (exact) mass is 427 g/mol. The molecule has 1 amide bonds. The maximum absolute atomic E-state index is 12.8. The Bertz CT molecular complexity index is 1290. The van der Waals surface area contributed by atoms with Crippen molar-refractivity contribution < 1.29 is 4.79 Å². The largest absolute Gasteiger partial charge is 0.326 e. The van der Waals surface area contributed by atoms with Crippen molar-refractivity contribution in [2.24, 2.45) is 0 Å². The summed E-state index contributed by atoms with van der Waals surface area (Å²) in [6.45, 7) is 4.46. The van der Waals surface area contributed by atoms with Gasteiger partial charge < -0.3 is 9.88 Å². The highest BCUT2D eigenvalue weighted by Crippen LogP contribution is 2.28. The zero-order valence-electron chi connectivity index (χ0n) is 17.3. The van der Waals surface area contributed by atoms with Gasteiger partial charge in [0.15, 0.2) is 0 Å². The molecule has 31 heavy (non-hydrogen) atoms. The van der Waals surface area contributed by atoms with Crippen LogP contribution in [0.2, 0.25) is 0 Å². The third-order valence-corrected chi connectivity index (χ3v) is 6.23. The van der Waals surface area contributed by atoms with Crippen LogP contribution in [-0.4, -0.2) is 26.2 Å². The number of benzene rings is 2. The summed E-state index contributed by atoms with van der Waals surface area (Å²) in [6, 6.07) is 20.0. The van der Waals surface area contributed by atoms with Crippen molar-refractivity contribution in [2.75, 3.05) is 11.1 Å². The van der Waals surface area contributed by atoms with Gasteiger partial charge in [0.1, 0.15) is 23.2 Å². The fourth-order valence-electron chi connectivity index (χ4n) is 3.49. The van der Waals surface area contributed by atoms with Crippen molar-refractivity contribution in [1.29, 1.82) is 5.26 Å². The van der Waals surface area contributed by atoms with Gasteiger partial charge in [-0.05, 0) is 31.0 Å². The first-order chi connectivity index (χ1) is 15.1. The van der Waals surface area contributed by atoms with Crippen LogP contribution in [0.15, 0.2) is 66.0 Å². The Morgan fingerprint density at radius 3 is 2.61 bits per heavy atom. The number of nitrogens with one attached hydrogen (secondary N) is 1. The van der Waals surface area contributed by atoms with Gasteiger partial charge in [0.2, 0.25) is 5.91 Å². The Kier molecular flexibility index (Phi) is 6.01. The third-order valence-electron chi connectivity index (χ3n) is 5.23. The standard InChI is InChI=1S/C24H21N5OS/c1-16-17(2)29(13-18-8-4-3-5-9-18)23(20(16)12-25)28-22(30)14-31-24-19-10-6-7-11-21(19)26-15-27-24/h3-11,15H,13-14H2,1-2H3,(H,28,30). The van der Waals surface area contributed by atoms with E-state index in [0.29, 0.717) is 17.9 Å². The molecule has 2 aromatic carbocycles. The van der Waals surface area contributed by atoms with E-state index < -0.39 is 0 Å². The third kappa shape index (κ3) is 4.30. The molecule has 0 aliphatic carbocycles. The maximum Gasteiger partial charge on any atom is 0.235 e. The Morgan fingerprint density at radius 1 is 1.10 bits per heavy atom. The topological polar surface area (TPSA) is 83.6 Å². The van der Waals surface area contributed by atoms with E-state index in [1.807, 2.05) is 73.0 Å². The number of rotatable bonds is 6. The lowest BCUT2D eigenvalue weighted by atomic mass is 10.2. The van der Waals surface area contributed by atoms with Crippen LogP contribution in [0.1, 0.15) is 22.4 Å². The van der Waals surface area contributed by atoms with E-state index in [4.69, 9.17) is 0 Å². The van der Waals surface area contributed by atoms with Gasteiger partial charge >= 0.3 is 0 Å². The second kappa shape index (κ2) is 9.02. The van der Waals surface area contributed by atoms with Crippen molar-refractivity contribution in [1.82, 2.24) is 14.5 Å². The molecular weight excluding hydrogens is 406 g/mol. The average molecular weight is 428 g/mol. The van der Waals surface area contributed by atoms with Crippen LogP contribution in [0, 0.1) is 25.2 Å². The van der Waals surface area contributed by atoms with E-state index in [1.54, 1.807) is 0 Å². The Labute approximate surface area is 185 Å². The molecule has 0 atom stereocenters. The summed E-state index contributed by atoms with van der Waals surface area (Å²) < 4.78 is 1.99. The highest BCUT2D eigenvalue weighted by atomic mass is 32.2. The summed E-state index contributed by atoms with van der Waals surface area (Å²) in [5.41, 5.74) is 4.28. The highest BCUT2D eigenvalue weighted by molar-refractivity contribution is 8.00. The van der Waals surface area contributed by atoms with Crippen LogP contribution in [0.25, 0.3) is 10.9 Å². The molecule has 0 saturated heterocycles. The average Bonchev–Trinajstić information content (AvgIpc) is 3.02. The van der Waals surface area contributed by atoms with Crippen LogP contribution in [0.4, 0.5) is 5.82 Å². The fourth-order valence-corrected chi connectivity index (χ4v) is 4.28. The molecule has 0 aliphatic rings. The van der Waals surface area contributed by atoms with Crippen molar-refractivity contribution in [3.8, 4) is 6.07 Å². The number of fused-ring (bicyclic) bond motifs is 1. The van der Waals surface area contributed by atoms with Gasteiger partial charge in [-0.25, -0.2) is 9.97 Å². The molecule has 0 unspecified atom stereocenters. The van der Waals surface area contributed by atoms with Crippen LogP contribution < -0.4 is 5.32 Å². The van der Waals surface area contributed by atoms with E-state index in [9.17, 15) is 10.1 Å². The number of hydrogen-bond donors (Lipinski definition) is 1. The molecule has 2 aromatic heterocycles. The lowest BCUT2D eigenvalue weighted by Gasteiger charge is -2.13. The molecule has 0 aliphatic heterocycles. The van der Waals surface area contributed by atoms with Crippen molar-refractivity contribution in [3.63, 3.8) is 0 Å². The van der Waals surface area contributed by atoms with Gasteiger partial charge in [-0.2, -0.15) is 5.26 Å². The SMILES string of the molecule is Cc1c(C#N)c(NC(=O)CSc2ncnc3ccccc23)n(Cc2ccccc2)c1C. The number of carbonyl (C=O) groups is 1. The van der Waals surface area contributed by atoms with Crippen LogP contribution in [0.5, 0.6) is 0 Å². The number of anilines is 1. The number of amides is 1. The number of nitriles is 1. The molecule has 0 radical (unpaired) electrons. The van der Waals surface area contributed by atoms with Gasteiger partial charge in [0.25, 0.3) is 0 Å². The molecule has 0 saturated carbocycles. The minimum Gasteiger partial charge on any atom is -0.326 e. The van der Waals surface area contributed by atoms with E-state index in [1.165, 1.54) is 18.1 Å². The first-order valence-electron chi connectivity index (χ1n) is 9.84. The van der Waals surface area contributed by atoms with E-state index in [0.717, 1.165) is 32.7 Å². The number of nitrogens with zero attached hydrogens (tertiary/aromatic N) is 4. The molecule has 7 heteroatoms. The van der Waals surface area contributed by atoms with Crippen LogP contribution in [0.3, 0.4) is 0 Å². The molecule has 0 spiro atoms. The van der Waals surface area contributed by atoms with Gasteiger partial charge in [0.05, 0.1) is 16.8 Å². The van der Waals surface area contributed by atoms with Gasteiger partial charge in [-0.15, -0.1) is 0 Å². The summed E-state index contributed by atoms with van der Waals surface area (Å²) in [5, 5.41) is 14.3. The molecular formula is C24H21N5OS. The fraction of sp³-hybridized carbons (Fsp3) is 0.167. The smallest absolute Gasteiger partial charge is 0.235 e. The lowest BCUT2D eigenvalue weighted by molar-refractivity contribution is -0.113. The predicted octanol–water partition coefficient (Wildman–Crippen LogP) is 4.70. The first kappa shape index (κ1) is 20.6. The molecule has 4 aromatic rings. The first-order valence-corrected chi connectivity index (χ1v) is 10.8. The number of carbonyl (C=O) groups excluding carboxylic acids is 1. The Hall–Kier alpha value is -3.63. The number of aromatic nitrogens is 3. The molecule has 0 bridgehead atoms. The molecule has 4 rings (SSSR count). The van der Waals surface area contributed by atoms with Gasteiger partial charge in [-0.3, -0.25) is 4.79 Å². The van der Waals surface area contributed by atoms with E-state index >= 15 is 0 Å². The lowest BCUT2D eigenvalue weighted by Crippen LogP contribution is -2.18. The summed E-state index contributed by atoms with van der Waals surface area (Å²) in [7, 11) is 0. The zero-order valence-corrected chi connectivity index (χ0v) is 18.1. The Morgan fingerprint density at radius 2 is 1.84 bits per heavy atom. The zero-order chi connectivity index (χ0) is 21.8. The highest BCUT2D eigenvalue weighted by Gasteiger charge is 2.20. The van der Waals surface area contributed by atoms with E-state index in [-0.39, 0.29) is 11.7 Å². The predicted molar refractivity (Wildman–Crippen MR) is 123 cm³/mol. The second-order valence-electron chi connectivity index (χ2n) is 7.15. The van der Waals surface area contributed by atoms with Crippen molar-refractivity contribution >= 4 is 34.4 Å². The number of thioether (sulfide) groups is 1. The van der Waals surface area contributed by atoms with Crippen LogP contribution in [-0.2, 0) is 11.3 Å². The van der Waals surface area contributed by atoms with Crippen molar-refractivity contribution in [3.05, 3.63) is 83.3 Å². The summed E-state index contributed by atoms with van der Waals surface area (Å²) in [6.07, 6.45) is 1.51. The minimum atomic E-state index is -0.184. The van der Waals surface area contributed by atoms with E-state index in [2.05, 4.69) is 21.4 Å². The molecule has 1 N–H and O–H groups in total. The molecule has 0 fully saturated rings. The molecule has 2 heterocycles. The minimum absolute atomic E-state index is 0.181. The molecule has 6 nitrogen and oxygen atoms in total. The second-order valence-corrected chi connectivity index (χ2v) is 8.11. The number of para-hydroxylation sites is 1. The summed E-state index contributed by atoms with van der Waals surface area (Å²) >= 11 is 1.36. The quantitative estimate of drug-likeness (QED) is 0.356. The van der Waals surface area contributed by atoms with Gasteiger partial charge in [0, 0.05) is 17.6 Å². The molecule has 154 valence electrons. The van der Waals surface area contributed by atoms with Crippen molar-refractivity contribution in [2.45, 2.75) is 25.4 Å². The van der Waals surface area contributed by atoms with Crippen LogP contribution >= 0.6 is 11.8 Å². The summed E-state index contributed by atoms with van der Waals surface area (Å²) in [4.78, 5) is 21.4. The maximum atomic E-state index is 12.8.